The van der Waals surface area contributed by atoms with Gasteiger partial charge in [-0.1, -0.05) is 109 Å². The number of anilines is 1. The van der Waals surface area contributed by atoms with E-state index in [4.69, 9.17) is 23.4 Å². The van der Waals surface area contributed by atoms with Crippen LogP contribution >= 0.6 is 0 Å². The minimum absolute atomic E-state index is 0.243. The van der Waals surface area contributed by atoms with Crippen LogP contribution in [0.5, 0.6) is 17.2 Å². The van der Waals surface area contributed by atoms with E-state index in [2.05, 4.69) is 102 Å². The van der Waals surface area contributed by atoms with E-state index in [0.717, 1.165) is 65.6 Å². The Hall–Kier alpha value is -4.35. The van der Waals surface area contributed by atoms with Gasteiger partial charge in [-0.2, -0.15) is 0 Å². The Morgan fingerprint density at radius 3 is 2.10 bits per heavy atom. The fraction of sp³-hybridized carbons (Fsp3) is 0.490. The van der Waals surface area contributed by atoms with Gasteiger partial charge in [0.2, 0.25) is 8.32 Å². The molecule has 1 N–H and O–H groups in total. The van der Waals surface area contributed by atoms with Crippen LogP contribution in [0.2, 0.25) is 16.6 Å². The Morgan fingerprint density at radius 1 is 0.847 bits per heavy atom. The summed E-state index contributed by atoms with van der Waals surface area (Å²) in [6.07, 6.45) is 0.438. The van der Waals surface area contributed by atoms with Crippen molar-refractivity contribution in [1.82, 2.24) is 4.90 Å². The number of hydrogen-bond donors (Lipinski definition) is 1. The number of ether oxygens (including phenoxy) is 4. The van der Waals surface area contributed by atoms with E-state index in [1.165, 1.54) is 5.56 Å². The maximum absolute atomic E-state index is 13.5. The molecule has 1 fully saturated rings. The summed E-state index contributed by atoms with van der Waals surface area (Å²) in [4.78, 5) is 17.4. The number of fused-ring (bicyclic) bond motifs is 1. The SMILES string of the molecule is CCc1ccc(Oc2ccc([C@H]3[C@H](O[Si](C(C)C)(C(C)C)C(C)C)CN(C(=O)O)C(Cc4ccccc4)[C@@H]3OCc3ccc4c(c3)N(CCCOC)CCO4)cc2)cc1. The summed E-state index contributed by atoms with van der Waals surface area (Å²) in [7, 11) is -0.768. The van der Waals surface area contributed by atoms with Crippen molar-refractivity contribution in [1.29, 1.82) is 0 Å². The van der Waals surface area contributed by atoms with E-state index in [1.54, 1.807) is 12.0 Å². The molecule has 2 aliphatic rings. The number of aryl methyl sites for hydroxylation is 1. The minimum Gasteiger partial charge on any atom is -0.490 e. The standard InChI is InChI=1S/C49H66N2O7Si/c1-9-37-16-21-41(22-17-37)57-42-23-19-40(20-24-42)47-46(58-59(34(2)3,35(4)5)36(6)7)32-51(49(52)53)44(30-38-14-11-10-12-15-38)48(47)56-33-39-18-25-45-43(31-39)50(27-29-55-45)26-13-28-54-8/h10-12,14-25,31,34-36,44,46-48H,9,13,26-30,32-33H2,1-8H3,(H,52,53)/t44?,46-,47+,48+/m1/s1. The molecule has 0 radical (unpaired) electrons. The average molecular weight is 823 g/mol. The molecule has 2 aliphatic heterocycles. The molecule has 59 heavy (non-hydrogen) atoms. The van der Waals surface area contributed by atoms with E-state index in [9.17, 15) is 9.90 Å². The van der Waals surface area contributed by atoms with Gasteiger partial charge in [0.05, 0.1) is 43.6 Å². The number of carbonyl (C=O) groups is 1. The number of benzene rings is 4. The average Bonchev–Trinajstić information content (AvgIpc) is 3.23. The van der Waals surface area contributed by atoms with Crippen molar-refractivity contribution < 1.29 is 33.3 Å². The number of piperidine rings is 1. The summed E-state index contributed by atoms with van der Waals surface area (Å²) in [5, 5.41) is 11.0. The zero-order valence-electron chi connectivity index (χ0n) is 36.4. The van der Waals surface area contributed by atoms with E-state index >= 15 is 0 Å². The van der Waals surface area contributed by atoms with Crippen molar-refractivity contribution in [2.75, 3.05) is 44.9 Å². The van der Waals surface area contributed by atoms with Gasteiger partial charge in [-0.3, -0.25) is 4.90 Å². The van der Waals surface area contributed by atoms with E-state index < -0.39 is 32.7 Å². The molecule has 4 aromatic rings. The Labute approximate surface area is 353 Å². The summed E-state index contributed by atoms with van der Waals surface area (Å²) in [6, 6.07) is 32.5. The van der Waals surface area contributed by atoms with Gasteiger partial charge >= 0.3 is 6.09 Å². The molecule has 1 amide bonds. The third kappa shape index (κ3) is 10.3. The second-order valence-electron chi connectivity index (χ2n) is 17.1. The van der Waals surface area contributed by atoms with Crippen LogP contribution in [0.1, 0.15) is 83.1 Å². The van der Waals surface area contributed by atoms with Gasteiger partial charge in [0.15, 0.2) is 0 Å². The summed E-state index contributed by atoms with van der Waals surface area (Å²) in [5.41, 5.74) is 6.33. The third-order valence-corrected chi connectivity index (χ3v) is 18.7. The lowest BCUT2D eigenvalue weighted by molar-refractivity contribution is -0.0946. The second-order valence-corrected chi connectivity index (χ2v) is 22.5. The van der Waals surface area contributed by atoms with Crippen molar-refractivity contribution in [3.63, 3.8) is 0 Å². The highest BCUT2D eigenvalue weighted by molar-refractivity contribution is 6.77. The number of likely N-dealkylation sites (tertiary alicyclic amines) is 1. The topological polar surface area (TPSA) is 89.9 Å². The largest absolute Gasteiger partial charge is 0.490 e. The molecule has 0 saturated carbocycles. The van der Waals surface area contributed by atoms with Crippen molar-refractivity contribution >= 4 is 20.1 Å². The van der Waals surface area contributed by atoms with Gasteiger partial charge in [-0.25, -0.2) is 4.79 Å². The molecule has 1 saturated heterocycles. The van der Waals surface area contributed by atoms with Gasteiger partial charge < -0.3 is 33.4 Å². The van der Waals surface area contributed by atoms with Crippen LogP contribution in [-0.2, 0) is 33.3 Å². The molecule has 10 heteroatoms. The van der Waals surface area contributed by atoms with E-state index in [1.807, 2.05) is 48.5 Å². The predicted molar refractivity (Wildman–Crippen MR) is 239 cm³/mol. The van der Waals surface area contributed by atoms with Crippen LogP contribution in [0.3, 0.4) is 0 Å². The highest BCUT2D eigenvalue weighted by Crippen LogP contribution is 2.47. The van der Waals surface area contributed by atoms with Crippen LogP contribution in [-0.4, -0.2) is 82.6 Å². The van der Waals surface area contributed by atoms with Gasteiger partial charge in [-0.15, -0.1) is 0 Å². The molecule has 0 aromatic heterocycles. The lowest BCUT2D eigenvalue weighted by Gasteiger charge is -2.53. The maximum atomic E-state index is 13.5. The fourth-order valence-corrected chi connectivity index (χ4v) is 15.3. The molecule has 0 aliphatic carbocycles. The number of nitrogens with zero attached hydrogens (tertiary/aromatic N) is 2. The van der Waals surface area contributed by atoms with Crippen LogP contribution < -0.4 is 14.4 Å². The number of amides is 1. The summed E-state index contributed by atoms with van der Waals surface area (Å²) in [6.45, 7) is 19.4. The fourth-order valence-electron chi connectivity index (χ4n) is 9.69. The highest BCUT2D eigenvalue weighted by Gasteiger charge is 2.53. The smallest absolute Gasteiger partial charge is 0.407 e. The lowest BCUT2D eigenvalue weighted by Crippen LogP contribution is -2.64. The summed E-state index contributed by atoms with van der Waals surface area (Å²) >= 11 is 0. The lowest BCUT2D eigenvalue weighted by atomic mass is 9.78. The van der Waals surface area contributed by atoms with Crippen molar-refractivity contribution in [3.8, 4) is 17.2 Å². The first kappa shape index (κ1) is 44.2. The quantitative estimate of drug-likeness (QED) is 0.0784. The zero-order chi connectivity index (χ0) is 42.1. The van der Waals surface area contributed by atoms with E-state index in [-0.39, 0.29) is 12.5 Å². The molecular weight excluding hydrogens is 757 g/mol. The number of rotatable bonds is 18. The molecule has 1 unspecified atom stereocenters. The molecule has 0 bridgehead atoms. The Morgan fingerprint density at radius 2 is 1.49 bits per heavy atom. The molecule has 4 atom stereocenters. The van der Waals surface area contributed by atoms with Crippen molar-refractivity contribution in [3.05, 3.63) is 119 Å². The second kappa shape index (κ2) is 20.3. The molecule has 318 valence electrons. The van der Waals surface area contributed by atoms with Gasteiger partial charge in [0.25, 0.3) is 0 Å². The van der Waals surface area contributed by atoms with Gasteiger partial charge in [0.1, 0.15) is 23.9 Å². The molecule has 2 heterocycles. The van der Waals surface area contributed by atoms with Crippen LogP contribution in [0.4, 0.5) is 10.5 Å². The number of carboxylic acid groups (broad SMARTS) is 1. The number of methoxy groups -OCH3 is 1. The zero-order valence-corrected chi connectivity index (χ0v) is 37.4. The van der Waals surface area contributed by atoms with Gasteiger partial charge in [-0.05, 0) is 94.5 Å². The molecular formula is C49H66N2O7Si. The first-order valence-corrected chi connectivity index (χ1v) is 23.8. The summed E-state index contributed by atoms with van der Waals surface area (Å²) in [5.74, 6) is 2.11. The first-order valence-electron chi connectivity index (χ1n) is 21.6. The molecule has 4 aromatic carbocycles. The first-order chi connectivity index (χ1) is 28.4. The number of hydrogen-bond acceptors (Lipinski definition) is 7. The van der Waals surface area contributed by atoms with Crippen LogP contribution in [0.25, 0.3) is 0 Å². The highest BCUT2D eigenvalue weighted by atomic mass is 28.4. The Bertz CT molecular complexity index is 1900. The molecule has 6 rings (SSSR count). The van der Waals surface area contributed by atoms with E-state index in [0.29, 0.717) is 42.9 Å². The van der Waals surface area contributed by atoms with Gasteiger partial charge in [0, 0.05) is 26.2 Å². The normalized spacial score (nSPS) is 19.6. The predicted octanol–water partition coefficient (Wildman–Crippen LogP) is 11.1. The Kier molecular flexibility index (Phi) is 15.2. The monoisotopic (exact) mass is 822 g/mol. The molecule has 9 nitrogen and oxygen atoms in total. The third-order valence-electron chi connectivity index (χ3n) is 12.5. The maximum Gasteiger partial charge on any atom is 0.407 e. The minimum atomic E-state index is -2.50. The summed E-state index contributed by atoms with van der Waals surface area (Å²) < 4.78 is 32.6. The van der Waals surface area contributed by atoms with Crippen LogP contribution in [0, 0.1) is 0 Å². The van der Waals surface area contributed by atoms with Crippen LogP contribution in [0.15, 0.2) is 97.1 Å². The van der Waals surface area contributed by atoms with Crippen molar-refractivity contribution in [2.45, 2.75) is 115 Å². The van der Waals surface area contributed by atoms with Crippen molar-refractivity contribution in [2.24, 2.45) is 0 Å². The Balaban J connectivity index is 1.43. The molecule has 0 spiro atoms.